The average Bonchev–Trinajstić information content (AvgIpc) is 1.72. The average molecular weight is 164 g/mol. The summed E-state index contributed by atoms with van der Waals surface area (Å²) in [7, 11) is 0. The Hall–Kier alpha value is 0.519. The van der Waals surface area contributed by atoms with Crippen LogP contribution in [-0.4, -0.2) is 6.91 Å². The predicted octanol–water partition coefficient (Wildman–Crippen LogP) is 0.822. The van der Waals surface area contributed by atoms with Gasteiger partial charge in [0.25, 0.3) is 0 Å². The van der Waals surface area contributed by atoms with Crippen LogP contribution in [0, 0.1) is 5.96 Å². The molecule has 0 aliphatic heterocycles. The first-order chi connectivity index (χ1) is 3.00. The zero-order valence-electron chi connectivity index (χ0n) is 3.96. The van der Waals surface area contributed by atoms with E-state index in [1.807, 2.05) is 31.1 Å². The fourth-order valence-electron chi connectivity index (χ4n) is 0.342. The molecule has 2 heteroatoms. The minimum absolute atomic E-state index is 0. The van der Waals surface area contributed by atoms with Gasteiger partial charge in [0.1, 0.15) is 0 Å². The van der Waals surface area contributed by atoms with E-state index in [-0.39, 0.29) is 32.7 Å². The molecule has 1 rings (SSSR count). The van der Waals surface area contributed by atoms with Crippen molar-refractivity contribution in [3.63, 3.8) is 0 Å². The summed E-state index contributed by atoms with van der Waals surface area (Å²) in [4.78, 5) is 0. The molecule has 1 aromatic rings. The minimum atomic E-state index is 0. The first kappa shape index (κ1) is 7.52. The van der Waals surface area contributed by atoms with Crippen molar-refractivity contribution in [3.05, 3.63) is 30.1 Å². The van der Waals surface area contributed by atoms with Crippen molar-refractivity contribution in [2.45, 2.75) is 0 Å². The molecule has 0 amide bonds. The van der Waals surface area contributed by atoms with Gasteiger partial charge < -0.3 is 0 Å². The summed E-state index contributed by atoms with van der Waals surface area (Å²) < 4.78 is 0. The van der Waals surface area contributed by atoms with Gasteiger partial charge >= 0.3 is 37.0 Å². The maximum atomic E-state index is 2.89. The Balaban J connectivity index is 0.000000360. The van der Waals surface area contributed by atoms with E-state index in [2.05, 4.69) is 5.96 Å². The standard InChI is InChI=1S/C5H4B.Y/c1-2-4-6-5-3-1;/h1-4H;/q-1;. The molecular weight excluding hydrogens is 160 g/mol. The predicted molar refractivity (Wildman–Crippen MR) is 26.6 cm³/mol. The topological polar surface area (TPSA) is 0 Å². The van der Waals surface area contributed by atoms with Gasteiger partial charge in [-0.2, -0.15) is 0 Å². The number of hydrogen-bond donors (Lipinski definition) is 0. The molecular formula is C5H4BY-. The van der Waals surface area contributed by atoms with Crippen molar-refractivity contribution < 1.29 is 32.7 Å². The summed E-state index contributed by atoms with van der Waals surface area (Å²) >= 11 is 0. The van der Waals surface area contributed by atoms with Gasteiger partial charge in [-0.25, -0.2) is 0 Å². The Morgan fingerprint density at radius 1 is 1.29 bits per heavy atom. The molecule has 0 bridgehead atoms. The Morgan fingerprint density at radius 2 is 2.14 bits per heavy atom. The van der Waals surface area contributed by atoms with Crippen LogP contribution in [0.15, 0.2) is 24.2 Å². The van der Waals surface area contributed by atoms with E-state index >= 15 is 0 Å². The number of hydrogen-bond acceptors (Lipinski definition) is 0. The van der Waals surface area contributed by atoms with Crippen LogP contribution in [0.5, 0.6) is 0 Å². The molecule has 0 fully saturated rings. The quantitative estimate of drug-likeness (QED) is 0.497. The Kier molecular flexibility index (Phi) is 5.02. The molecule has 0 atom stereocenters. The fraction of sp³-hybridized carbons (Fsp3) is 0. The molecule has 0 aromatic carbocycles. The van der Waals surface area contributed by atoms with Crippen LogP contribution in [0.3, 0.4) is 0 Å². The van der Waals surface area contributed by atoms with Gasteiger partial charge in [-0.15, -0.1) is 0 Å². The molecule has 0 N–H and O–H groups in total. The van der Waals surface area contributed by atoms with E-state index in [4.69, 9.17) is 0 Å². The van der Waals surface area contributed by atoms with Crippen LogP contribution >= 0.6 is 0 Å². The van der Waals surface area contributed by atoms with Crippen molar-refractivity contribution in [2.75, 3.05) is 0 Å². The molecule has 0 nitrogen and oxygen atoms in total. The molecule has 0 unspecified atom stereocenters. The number of rotatable bonds is 0. The van der Waals surface area contributed by atoms with Crippen LogP contribution in [0.4, 0.5) is 0 Å². The van der Waals surface area contributed by atoms with Crippen molar-refractivity contribution in [3.8, 4) is 0 Å². The molecule has 1 aromatic heterocycles. The van der Waals surface area contributed by atoms with Gasteiger partial charge in [-0.1, -0.05) is 0 Å². The Bertz CT molecular complexity index is 80.0. The molecule has 0 saturated carbocycles. The fourth-order valence-corrected chi connectivity index (χ4v) is 0.342. The normalized spacial score (nSPS) is 6.29. The second-order valence-corrected chi connectivity index (χ2v) is 1.08. The summed E-state index contributed by atoms with van der Waals surface area (Å²) in [5.74, 6) is 4.84. The van der Waals surface area contributed by atoms with E-state index in [1.54, 1.807) is 0 Å². The molecule has 0 aliphatic rings. The van der Waals surface area contributed by atoms with E-state index in [0.717, 1.165) is 0 Å². The van der Waals surface area contributed by atoms with Crippen molar-refractivity contribution in [1.29, 1.82) is 0 Å². The molecule has 31 valence electrons. The second kappa shape index (κ2) is 4.67. The van der Waals surface area contributed by atoms with E-state index < -0.39 is 0 Å². The summed E-state index contributed by atoms with van der Waals surface area (Å²) in [5.41, 5.74) is 0. The molecule has 0 spiro atoms. The van der Waals surface area contributed by atoms with Gasteiger partial charge in [0.2, 0.25) is 0 Å². The zero-order valence-corrected chi connectivity index (χ0v) is 6.80. The summed E-state index contributed by atoms with van der Waals surface area (Å²) in [5, 5.41) is 0. The van der Waals surface area contributed by atoms with Crippen LogP contribution in [0.25, 0.3) is 0 Å². The molecule has 1 radical (unpaired) electrons. The molecule has 7 heavy (non-hydrogen) atoms. The third-order valence-electron chi connectivity index (χ3n) is 0.607. The molecule has 0 aliphatic carbocycles. The summed E-state index contributed by atoms with van der Waals surface area (Å²) in [6.45, 7) is 1.88. The maximum absolute atomic E-state index is 2.89. The third kappa shape index (κ3) is 3.13. The van der Waals surface area contributed by atoms with Gasteiger partial charge in [-0.05, 0) is 0 Å². The van der Waals surface area contributed by atoms with Crippen molar-refractivity contribution in [1.82, 2.24) is 0 Å². The van der Waals surface area contributed by atoms with Crippen LogP contribution in [-0.2, 0) is 32.7 Å². The van der Waals surface area contributed by atoms with Gasteiger partial charge in [-0.3, -0.25) is 0 Å². The Morgan fingerprint density at radius 3 is 2.29 bits per heavy atom. The van der Waals surface area contributed by atoms with E-state index in [9.17, 15) is 0 Å². The van der Waals surface area contributed by atoms with Gasteiger partial charge in [0, 0.05) is 32.7 Å². The summed E-state index contributed by atoms with van der Waals surface area (Å²) in [6.07, 6.45) is 0. The van der Waals surface area contributed by atoms with Crippen molar-refractivity contribution >= 4 is 6.91 Å². The van der Waals surface area contributed by atoms with Crippen molar-refractivity contribution in [2.24, 2.45) is 0 Å². The SMILES string of the molecule is [Y].b1[c-]cccc1. The van der Waals surface area contributed by atoms with Crippen LogP contribution < -0.4 is 0 Å². The summed E-state index contributed by atoms with van der Waals surface area (Å²) in [6, 6.07) is 5.79. The zero-order chi connectivity index (χ0) is 4.24. The van der Waals surface area contributed by atoms with Crippen LogP contribution in [0.2, 0.25) is 0 Å². The Labute approximate surface area is 69.4 Å². The monoisotopic (exact) mass is 164 g/mol. The van der Waals surface area contributed by atoms with Gasteiger partial charge in [0.15, 0.2) is 0 Å². The third-order valence-corrected chi connectivity index (χ3v) is 0.607. The van der Waals surface area contributed by atoms with E-state index in [1.165, 1.54) is 0 Å². The first-order valence-electron chi connectivity index (χ1n) is 1.91. The molecule has 0 saturated heterocycles. The van der Waals surface area contributed by atoms with Gasteiger partial charge in [0.05, 0.1) is 0 Å². The van der Waals surface area contributed by atoms with E-state index in [0.29, 0.717) is 0 Å². The second-order valence-electron chi connectivity index (χ2n) is 1.08. The molecule has 1 heterocycles. The van der Waals surface area contributed by atoms with Crippen LogP contribution in [0.1, 0.15) is 0 Å². The first-order valence-corrected chi connectivity index (χ1v) is 1.91.